The Hall–Kier alpha value is -2.54. The van der Waals surface area contributed by atoms with Crippen molar-refractivity contribution >= 4 is 22.8 Å². The number of hydrogen-bond donors (Lipinski definition) is 1. The third kappa shape index (κ3) is 3.39. The number of hydrogen-bond acceptors (Lipinski definition) is 5. The molecule has 2 aliphatic heterocycles. The molecule has 1 aromatic heterocycles. The number of benzene rings is 1. The molecule has 4 rings (SSSR count). The molecule has 0 radical (unpaired) electrons. The van der Waals surface area contributed by atoms with Crippen LogP contribution in [0.4, 0.5) is 0 Å². The third-order valence-electron chi connectivity index (χ3n) is 4.53. The van der Waals surface area contributed by atoms with Crippen LogP contribution in [0.25, 0.3) is 0 Å². The summed E-state index contributed by atoms with van der Waals surface area (Å²) >= 11 is 1.63. The van der Waals surface area contributed by atoms with Gasteiger partial charge < -0.3 is 10.2 Å². The fraction of sp³-hybridized carbons (Fsp3) is 0.316. The van der Waals surface area contributed by atoms with Crippen molar-refractivity contribution in [1.29, 1.82) is 0 Å². The minimum absolute atomic E-state index is 0.0573. The Balaban J connectivity index is 1.35. The van der Waals surface area contributed by atoms with Crippen LogP contribution >= 0.6 is 11.8 Å². The highest BCUT2D eigenvalue weighted by Gasteiger charge is 2.26. The molecule has 1 amide bonds. The molecule has 3 heterocycles. The van der Waals surface area contributed by atoms with E-state index in [0.717, 1.165) is 40.9 Å². The maximum Gasteiger partial charge on any atom is 0.251 e. The second kappa shape index (κ2) is 6.99. The van der Waals surface area contributed by atoms with E-state index < -0.39 is 0 Å². The molecule has 0 unspecified atom stereocenters. The van der Waals surface area contributed by atoms with Crippen LogP contribution in [0.3, 0.4) is 0 Å². The third-order valence-corrected chi connectivity index (χ3v) is 5.48. The number of carbonyl (C=O) groups excluding carboxylic acids is 1. The van der Waals surface area contributed by atoms with Crippen molar-refractivity contribution in [2.75, 3.05) is 19.6 Å². The summed E-state index contributed by atoms with van der Waals surface area (Å²) < 4.78 is 1.98. The average Bonchev–Trinajstić information content (AvgIpc) is 3.30. The quantitative estimate of drug-likeness (QED) is 0.882. The molecule has 26 heavy (non-hydrogen) atoms. The largest absolute Gasteiger partial charge is 0.346 e. The standard InChI is InChI=1S/C19H21N5OS/c1-13-9-14(2)24(22-13)11-15-3-5-16(6-4-15)18(25)21-10-17-12-26-19-20-7-8-23(17)19/h3-6,9,12H,7-8,10-11H2,1-2H3,(H,21,25). The molecule has 0 spiro atoms. The maximum absolute atomic E-state index is 12.4. The number of aromatic nitrogens is 2. The number of amidine groups is 1. The minimum Gasteiger partial charge on any atom is -0.346 e. The van der Waals surface area contributed by atoms with E-state index >= 15 is 0 Å². The Bertz CT molecular complexity index is 897. The topological polar surface area (TPSA) is 62.5 Å². The van der Waals surface area contributed by atoms with Crippen LogP contribution in [0.2, 0.25) is 0 Å². The lowest BCUT2D eigenvalue weighted by molar-refractivity contribution is 0.0955. The fourth-order valence-corrected chi connectivity index (χ4v) is 4.11. The number of thioether (sulfide) groups is 1. The number of rotatable bonds is 5. The van der Waals surface area contributed by atoms with Crippen LogP contribution in [0.15, 0.2) is 46.4 Å². The van der Waals surface area contributed by atoms with Crippen LogP contribution in [-0.4, -0.2) is 45.4 Å². The summed E-state index contributed by atoms with van der Waals surface area (Å²) in [6, 6.07) is 9.78. The van der Waals surface area contributed by atoms with Gasteiger partial charge in [-0.25, -0.2) is 0 Å². The van der Waals surface area contributed by atoms with E-state index in [1.807, 2.05) is 42.8 Å². The average molecular weight is 367 g/mol. The summed E-state index contributed by atoms with van der Waals surface area (Å²) in [6.07, 6.45) is 0. The zero-order valence-corrected chi connectivity index (χ0v) is 15.7. The number of nitrogens with one attached hydrogen (secondary N) is 1. The van der Waals surface area contributed by atoms with E-state index in [1.165, 1.54) is 0 Å². The SMILES string of the molecule is Cc1cc(C)n(Cc2ccc(C(=O)NCC3=CSC4=NCCN34)cc2)n1. The minimum atomic E-state index is -0.0573. The van der Waals surface area contributed by atoms with Crippen molar-refractivity contribution in [1.82, 2.24) is 20.0 Å². The van der Waals surface area contributed by atoms with Crippen LogP contribution in [0, 0.1) is 13.8 Å². The van der Waals surface area contributed by atoms with Crippen molar-refractivity contribution in [3.63, 3.8) is 0 Å². The van der Waals surface area contributed by atoms with Crippen molar-refractivity contribution in [3.05, 3.63) is 64.0 Å². The molecule has 0 bridgehead atoms. The number of nitrogens with zero attached hydrogens (tertiary/aromatic N) is 4. The molecule has 0 aliphatic carbocycles. The predicted molar refractivity (Wildman–Crippen MR) is 104 cm³/mol. The molecule has 0 fully saturated rings. The first kappa shape index (κ1) is 16.9. The lowest BCUT2D eigenvalue weighted by Crippen LogP contribution is -2.32. The van der Waals surface area contributed by atoms with E-state index in [4.69, 9.17) is 0 Å². The maximum atomic E-state index is 12.4. The van der Waals surface area contributed by atoms with Crippen LogP contribution in [0.5, 0.6) is 0 Å². The Morgan fingerprint density at radius 2 is 2.08 bits per heavy atom. The number of aryl methyl sites for hydroxylation is 2. The molecule has 0 atom stereocenters. The number of carbonyl (C=O) groups is 1. The van der Waals surface area contributed by atoms with Crippen LogP contribution < -0.4 is 5.32 Å². The number of fused-ring (bicyclic) bond motifs is 1. The molecular weight excluding hydrogens is 346 g/mol. The van der Waals surface area contributed by atoms with Gasteiger partial charge >= 0.3 is 0 Å². The fourth-order valence-electron chi connectivity index (χ4n) is 3.16. The molecule has 0 saturated heterocycles. The van der Waals surface area contributed by atoms with Crippen molar-refractivity contribution in [2.45, 2.75) is 20.4 Å². The van der Waals surface area contributed by atoms with Gasteiger partial charge in [-0.15, -0.1) is 0 Å². The Morgan fingerprint density at radius 3 is 2.81 bits per heavy atom. The molecule has 1 aromatic carbocycles. The van der Waals surface area contributed by atoms with E-state index in [2.05, 4.69) is 31.8 Å². The lowest BCUT2D eigenvalue weighted by Gasteiger charge is -2.16. The van der Waals surface area contributed by atoms with Gasteiger partial charge in [0.05, 0.1) is 25.3 Å². The van der Waals surface area contributed by atoms with E-state index in [0.29, 0.717) is 18.7 Å². The summed E-state index contributed by atoms with van der Waals surface area (Å²) in [5.41, 5.74) is 5.06. The zero-order valence-electron chi connectivity index (χ0n) is 14.9. The highest BCUT2D eigenvalue weighted by molar-refractivity contribution is 8.16. The normalized spacial score (nSPS) is 15.7. The Morgan fingerprint density at radius 1 is 1.27 bits per heavy atom. The second-order valence-electron chi connectivity index (χ2n) is 6.51. The first-order chi connectivity index (χ1) is 12.6. The van der Waals surface area contributed by atoms with Gasteiger partial charge in [0.25, 0.3) is 5.91 Å². The Labute approximate surface area is 157 Å². The molecule has 1 N–H and O–H groups in total. The second-order valence-corrected chi connectivity index (χ2v) is 7.34. The van der Waals surface area contributed by atoms with Crippen molar-refractivity contribution in [2.24, 2.45) is 4.99 Å². The number of amides is 1. The van der Waals surface area contributed by atoms with Gasteiger partial charge in [0, 0.05) is 28.9 Å². The van der Waals surface area contributed by atoms with Crippen molar-refractivity contribution < 1.29 is 4.79 Å². The molecule has 2 aromatic rings. The number of aliphatic imine (C=N–C) groups is 1. The lowest BCUT2D eigenvalue weighted by atomic mass is 10.1. The molecule has 6 nitrogen and oxygen atoms in total. The highest BCUT2D eigenvalue weighted by atomic mass is 32.2. The summed E-state index contributed by atoms with van der Waals surface area (Å²) in [4.78, 5) is 19.0. The summed E-state index contributed by atoms with van der Waals surface area (Å²) in [5.74, 6) is -0.0573. The zero-order chi connectivity index (χ0) is 18.1. The van der Waals surface area contributed by atoms with Gasteiger partial charge in [0.2, 0.25) is 0 Å². The van der Waals surface area contributed by atoms with Gasteiger partial charge in [-0.2, -0.15) is 5.10 Å². The van der Waals surface area contributed by atoms with Gasteiger partial charge in [0.1, 0.15) is 0 Å². The monoisotopic (exact) mass is 367 g/mol. The van der Waals surface area contributed by atoms with Gasteiger partial charge in [-0.05, 0) is 37.6 Å². The highest BCUT2D eigenvalue weighted by Crippen LogP contribution is 2.28. The van der Waals surface area contributed by atoms with Crippen LogP contribution in [-0.2, 0) is 6.54 Å². The first-order valence-electron chi connectivity index (χ1n) is 8.66. The van der Waals surface area contributed by atoms with E-state index in [1.54, 1.807) is 11.8 Å². The summed E-state index contributed by atoms with van der Waals surface area (Å²) in [6.45, 7) is 7.02. The van der Waals surface area contributed by atoms with Crippen LogP contribution in [0.1, 0.15) is 27.3 Å². The summed E-state index contributed by atoms with van der Waals surface area (Å²) in [5, 5.41) is 10.6. The molecule has 2 aliphatic rings. The van der Waals surface area contributed by atoms with E-state index in [-0.39, 0.29) is 5.91 Å². The van der Waals surface area contributed by atoms with Gasteiger partial charge in [-0.1, -0.05) is 23.9 Å². The van der Waals surface area contributed by atoms with Gasteiger partial charge in [-0.3, -0.25) is 14.5 Å². The van der Waals surface area contributed by atoms with E-state index in [9.17, 15) is 4.79 Å². The molecule has 134 valence electrons. The first-order valence-corrected chi connectivity index (χ1v) is 9.54. The smallest absolute Gasteiger partial charge is 0.251 e. The van der Waals surface area contributed by atoms with Gasteiger partial charge in [0.15, 0.2) is 5.17 Å². The predicted octanol–water partition coefficient (Wildman–Crippen LogP) is 2.54. The van der Waals surface area contributed by atoms with Crippen molar-refractivity contribution in [3.8, 4) is 0 Å². The summed E-state index contributed by atoms with van der Waals surface area (Å²) in [7, 11) is 0. The Kier molecular flexibility index (Phi) is 4.55. The molecule has 7 heteroatoms. The molecule has 0 saturated carbocycles. The molecular formula is C19H21N5OS.